The summed E-state index contributed by atoms with van der Waals surface area (Å²) in [5, 5.41) is 10.7. The number of allylic oxidation sites excluding steroid dienone is 3. The Kier molecular flexibility index (Phi) is 2.28. The van der Waals surface area contributed by atoms with E-state index in [0.29, 0.717) is 0 Å². The van der Waals surface area contributed by atoms with Crippen LogP contribution in [0.15, 0.2) is 35.2 Å². The number of thioether (sulfide) groups is 1. The van der Waals surface area contributed by atoms with Gasteiger partial charge < -0.3 is 5.11 Å². The van der Waals surface area contributed by atoms with Crippen LogP contribution in [0.4, 0.5) is 0 Å². The van der Waals surface area contributed by atoms with E-state index in [9.17, 15) is 9.90 Å². The number of carbonyl (C=O) groups excluding carboxylic acids is 1. The SMILES string of the molecule is CC(=O)O[N+]12C=CC=C[C-]1SC(C)=C2O. The summed E-state index contributed by atoms with van der Waals surface area (Å²) in [5.74, 6) is -0.389. The molecule has 0 aromatic heterocycles. The number of hydroxylamine groups is 3. The van der Waals surface area contributed by atoms with Crippen LogP contribution in [0, 0.1) is 5.37 Å². The van der Waals surface area contributed by atoms with E-state index in [2.05, 4.69) is 0 Å². The zero-order chi connectivity index (χ0) is 11.1. The monoisotopic (exact) mass is 225 g/mol. The number of carbonyl (C=O) groups is 1. The summed E-state index contributed by atoms with van der Waals surface area (Å²) in [6.45, 7) is 3.11. The number of aliphatic hydroxyl groups is 1. The first kappa shape index (κ1) is 10.2. The Morgan fingerprint density at radius 1 is 1.60 bits per heavy atom. The Labute approximate surface area is 92.1 Å². The third-order valence-corrected chi connectivity index (χ3v) is 3.24. The first-order chi connectivity index (χ1) is 7.06. The topological polar surface area (TPSA) is 46.5 Å². The second kappa shape index (κ2) is 3.36. The lowest BCUT2D eigenvalue weighted by molar-refractivity contribution is -1.01. The van der Waals surface area contributed by atoms with Crippen molar-refractivity contribution in [2.45, 2.75) is 13.8 Å². The van der Waals surface area contributed by atoms with Gasteiger partial charge in [-0.25, -0.2) is 4.79 Å². The molecule has 0 aromatic carbocycles. The van der Waals surface area contributed by atoms with Crippen molar-refractivity contribution in [2.75, 3.05) is 0 Å². The van der Waals surface area contributed by atoms with Crippen molar-refractivity contribution in [2.24, 2.45) is 0 Å². The number of quaternary nitrogens is 1. The zero-order valence-electron chi connectivity index (χ0n) is 8.43. The number of aliphatic hydroxyl groups excluding tert-OH is 1. The van der Waals surface area contributed by atoms with Gasteiger partial charge in [-0.05, 0) is 6.92 Å². The number of hydrogen-bond acceptors (Lipinski definition) is 4. The molecule has 5 heteroatoms. The lowest BCUT2D eigenvalue weighted by Crippen LogP contribution is -2.42. The summed E-state index contributed by atoms with van der Waals surface area (Å²) < 4.78 is -0.331. The van der Waals surface area contributed by atoms with Gasteiger partial charge in [0.25, 0.3) is 0 Å². The number of nitrogens with zero attached hydrogens (tertiary/aromatic N) is 1. The molecule has 2 rings (SSSR count). The van der Waals surface area contributed by atoms with Gasteiger partial charge in [0, 0.05) is 6.92 Å². The molecule has 1 atom stereocenters. The molecule has 0 saturated heterocycles. The van der Waals surface area contributed by atoms with Crippen molar-refractivity contribution in [3.8, 4) is 0 Å². The second-order valence-electron chi connectivity index (χ2n) is 3.26. The smallest absolute Gasteiger partial charge is 0.363 e. The van der Waals surface area contributed by atoms with E-state index >= 15 is 0 Å². The second-order valence-corrected chi connectivity index (χ2v) is 4.50. The molecule has 2 heterocycles. The molecule has 0 saturated carbocycles. The molecule has 1 N–H and O–H groups in total. The summed E-state index contributed by atoms with van der Waals surface area (Å²) >= 11 is 1.40. The molecule has 15 heavy (non-hydrogen) atoms. The van der Waals surface area contributed by atoms with Crippen molar-refractivity contribution < 1.29 is 19.4 Å². The molecule has 0 radical (unpaired) electrons. The predicted molar refractivity (Wildman–Crippen MR) is 56.5 cm³/mol. The molecule has 0 amide bonds. The normalized spacial score (nSPS) is 28.3. The lowest BCUT2D eigenvalue weighted by Gasteiger charge is -2.35. The van der Waals surface area contributed by atoms with E-state index in [-0.39, 0.29) is 10.5 Å². The van der Waals surface area contributed by atoms with E-state index in [1.54, 1.807) is 19.2 Å². The summed E-state index contributed by atoms with van der Waals surface area (Å²) in [6.07, 6.45) is 7.03. The Balaban J connectivity index is 2.43. The fourth-order valence-electron chi connectivity index (χ4n) is 1.53. The number of fused-ring (bicyclic) bond motifs is 1. The number of hydrogen-bond donors (Lipinski definition) is 1. The maximum absolute atomic E-state index is 11.0. The molecule has 0 bridgehead atoms. The van der Waals surface area contributed by atoms with Gasteiger partial charge in [-0.15, -0.1) is 11.8 Å². The maximum atomic E-state index is 11.0. The molecule has 0 aromatic rings. The van der Waals surface area contributed by atoms with Gasteiger partial charge in [0.05, 0.1) is 10.3 Å². The van der Waals surface area contributed by atoms with Crippen LogP contribution < -0.4 is 0 Å². The third-order valence-electron chi connectivity index (χ3n) is 2.13. The highest BCUT2D eigenvalue weighted by Crippen LogP contribution is 2.51. The van der Waals surface area contributed by atoms with Crippen LogP contribution in [-0.4, -0.2) is 15.7 Å². The minimum absolute atomic E-state index is 0.0470. The highest BCUT2D eigenvalue weighted by atomic mass is 32.2. The average Bonchev–Trinajstić information content (AvgIpc) is 2.41. The van der Waals surface area contributed by atoms with E-state index in [1.165, 1.54) is 18.7 Å². The Morgan fingerprint density at radius 2 is 2.33 bits per heavy atom. The summed E-state index contributed by atoms with van der Waals surface area (Å²) in [4.78, 5) is 17.0. The molecule has 2 aliphatic heterocycles. The van der Waals surface area contributed by atoms with E-state index in [0.717, 1.165) is 10.3 Å². The minimum Gasteiger partial charge on any atom is -0.465 e. The molecular formula is C10H11NO3S. The van der Waals surface area contributed by atoms with Crippen molar-refractivity contribution in [1.82, 2.24) is 0 Å². The summed E-state index contributed by atoms with van der Waals surface area (Å²) in [7, 11) is 0. The van der Waals surface area contributed by atoms with Crippen LogP contribution in [0.3, 0.4) is 0 Å². The molecular weight excluding hydrogens is 214 g/mol. The third kappa shape index (κ3) is 1.44. The van der Waals surface area contributed by atoms with Gasteiger partial charge in [0.2, 0.25) is 0 Å². The van der Waals surface area contributed by atoms with Crippen LogP contribution in [0.5, 0.6) is 0 Å². The van der Waals surface area contributed by atoms with Crippen LogP contribution in [0.2, 0.25) is 0 Å². The first-order valence-corrected chi connectivity index (χ1v) is 5.28. The minimum atomic E-state index is -0.436. The maximum Gasteiger partial charge on any atom is 0.363 e. The summed E-state index contributed by atoms with van der Waals surface area (Å²) in [6, 6.07) is 0. The highest BCUT2D eigenvalue weighted by Gasteiger charge is 2.46. The fraction of sp³-hybridized carbons (Fsp3) is 0.200. The number of rotatable bonds is 1. The first-order valence-electron chi connectivity index (χ1n) is 4.47. The van der Waals surface area contributed by atoms with Crippen molar-refractivity contribution in [3.63, 3.8) is 0 Å². The Hall–Kier alpha value is -1.33. The van der Waals surface area contributed by atoms with Gasteiger partial charge >= 0.3 is 11.9 Å². The van der Waals surface area contributed by atoms with Crippen LogP contribution >= 0.6 is 11.8 Å². The standard InChI is InChI=1S/C10H11NO3S/c1-7-10(13)11(14-8(2)12)6-4-3-5-9(11)15-7/h3-6,13H,1-2H3. The largest absolute Gasteiger partial charge is 0.465 e. The fourth-order valence-corrected chi connectivity index (χ4v) is 2.54. The molecule has 4 nitrogen and oxygen atoms in total. The van der Waals surface area contributed by atoms with Crippen LogP contribution in [-0.2, 0) is 9.63 Å². The van der Waals surface area contributed by atoms with Gasteiger partial charge in [0.15, 0.2) is 0 Å². The van der Waals surface area contributed by atoms with Gasteiger partial charge in [-0.2, -0.15) is 12.2 Å². The Bertz CT molecular complexity index is 399. The molecule has 2 aliphatic rings. The van der Waals surface area contributed by atoms with Crippen molar-refractivity contribution >= 4 is 17.7 Å². The molecule has 0 fully saturated rings. The molecule has 0 spiro atoms. The van der Waals surface area contributed by atoms with E-state index in [1.807, 2.05) is 12.2 Å². The van der Waals surface area contributed by atoms with Gasteiger partial charge in [-0.1, -0.05) is 10.7 Å². The Morgan fingerprint density at radius 3 is 3.00 bits per heavy atom. The highest BCUT2D eigenvalue weighted by molar-refractivity contribution is 8.05. The lowest BCUT2D eigenvalue weighted by atomic mass is 10.3. The quantitative estimate of drug-likeness (QED) is 0.549. The molecule has 1 unspecified atom stereocenters. The average molecular weight is 225 g/mol. The summed E-state index contributed by atoms with van der Waals surface area (Å²) in [5.41, 5.74) is 0. The van der Waals surface area contributed by atoms with Crippen LogP contribution in [0.25, 0.3) is 0 Å². The van der Waals surface area contributed by atoms with Gasteiger partial charge in [-0.3, -0.25) is 4.84 Å². The zero-order valence-corrected chi connectivity index (χ0v) is 9.25. The van der Waals surface area contributed by atoms with Gasteiger partial charge in [0.1, 0.15) is 6.20 Å². The van der Waals surface area contributed by atoms with Crippen LogP contribution in [0.1, 0.15) is 13.8 Å². The van der Waals surface area contributed by atoms with Crippen molar-refractivity contribution in [3.05, 3.63) is 40.6 Å². The molecule has 80 valence electrons. The molecule has 0 aliphatic carbocycles. The van der Waals surface area contributed by atoms with E-state index in [4.69, 9.17) is 4.84 Å². The van der Waals surface area contributed by atoms with E-state index < -0.39 is 5.97 Å². The van der Waals surface area contributed by atoms with Crippen molar-refractivity contribution in [1.29, 1.82) is 0 Å². The predicted octanol–water partition coefficient (Wildman–Crippen LogP) is 2.35.